The second kappa shape index (κ2) is 12.6. The number of carbonyl (C=O) groups is 2. The van der Waals surface area contributed by atoms with E-state index in [1.807, 2.05) is 54.8 Å². The van der Waals surface area contributed by atoms with Gasteiger partial charge in [0.25, 0.3) is 0 Å². The molecule has 2 unspecified atom stereocenters. The van der Waals surface area contributed by atoms with E-state index < -0.39 is 0 Å². The van der Waals surface area contributed by atoms with E-state index in [9.17, 15) is 9.59 Å². The highest BCUT2D eigenvalue weighted by atomic mass is 32.2. The van der Waals surface area contributed by atoms with Crippen LogP contribution in [0.4, 0.5) is 0 Å². The predicted molar refractivity (Wildman–Crippen MR) is 119 cm³/mol. The number of aliphatic hydroxyl groups excluding tert-OH is 1. The Morgan fingerprint density at radius 3 is 2.29 bits per heavy atom. The molecular weight excluding hydrogens is 390 g/mol. The van der Waals surface area contributed by atoms with Crippen molar-refractivity contribution < 1.29 is 14.7 Å². The van der Waals surface area contributed by atoms with Gasteiger partial charge in [-0.1, -0.05) is 72.4 Å². The molecular formula is C22H27NO3S2. The van der Waals surface area contributed by atoms with Crippen molar-refractivity contribution in [3.8, 4) is 0 Å². The van der Waals surface area contributed by atoms with E-state index in [2.05, 4.69) is 5.32 Å². The van der Waals surface area contributed by atoms with Crippen molar-refractivity contribution in [1.82, 2.24) is 5.32 Å². The normalized spacial score (nSPS) is 12.9. The summed E-state index contributed by atoms with van der Waals surface area (Å²) in [6.45, 7) is 0.116. The predicted octanol–water partition coefficient (Wildman–Crippen LogP) is 4.14. The van der Waals surface area contributed by atoms with Gasteiger partial charge in [-0.3, -0.25) is 9.59 Å². The van der Waals surface area contributed by atoms with Gasteiger partial charge in [-0.2, -0.15) is 0 Å². The van der Waals surface area contributed by atoms with Crippen LogP contribution in [0, 0.1) is 0 Å². The fraction of sp³-hybridized carbons (Fsp3) is 0.364. The summed E-state index contributed by atoms with van der Waals surface area (Å²) in [6.07, 6.45) is 4.24. The molecule has 0 spiro atoms. The molecule has 0 radical (unpaired) electrons. The zero-order valence-corrected chi connectivity index (χ0v) is 17.7. The standard InChI is InChI=1S/C22H27NO3S2/c1-27-21(13-8-14-24)23-20(25)16-19(15-17-9-4-2-5-10-17)28-22(26)18-11-6-3-7-12-18/h2-7,9-12,19,21,24H,8,13-16H2,1H3,(H,23,25). The number of carbonyl (C=O) groups excluding carboxylic acids is 2. The molecule has 2 atom stereocenters. The van der Waals surface area contributed by atoms with Crippen molar-refractivity contribution in [3.05, 3.63) is 71.8 Å². The van der Waals surface area contributed by atoms with Crippen molar-refractivity contribution in [2.24, 2.45) is 0 Å². The zero-order chi connectivity index (χ0) is 20.2. The van der Waals surface area contributed by atoms with Crippen molar-refractivity contribution >= 4 is 34.5 Å². The van der Waals surface area contributed by atoms with E-state index in [1.165, 1.54) is 11.8 Å². The summed E-state index contributed by atoms with van der Waals surface area (Å²) in [5.41, 5.74) is 1.76. The topological polar surface area (TPSA) is 66.4 Å². The monoisotopic (exact) mass is 417 g/mol. The first-order chi connectivity index (χ1) is 13.6. The number of nitrogens with one attached hydrogen (secondary N) is 1. The Bertz CT molecular complexity index is 725. The van der Waals surface area contributed by atoms with Crippen LogP contribution < -0.4 is 5.32 Å². The molecule has 0 fully saturated rings. The van der Waals surface area contributed by atoms with Crippen LogP contribution in [-0.2, 0) is 11.2 Å². The molecule has 0 bridgehead atoms. The van der Waals surface area contributed by atoms with Gasteiger partial charge in [0.1, 0.15) is 0 Å². The van der Waals surface area contributed by atoms with Gasteiger partial charge in [0.05, 0.1) is 5.37 Å². The van der Waals surface area contributed by atoms with Crippen LogP contribution in [0.15, 0.2) is 60.7 Å². The Hall–Kier alpha value is -1.76. The highest BCUT2D eigenvalue weighted by Crippen LogP contribution is 2.24. The van der Waals surface area contributed by atoms with Gasteiger partial charge in [0.15, 0.2) is 0 Å². The average Bonchev–Trinajstić information content (AvgIpc) is 2.72. The third-order valence-corrected chi connectivity index (χ3v) is 6.27. The summed E-state index contributed by atoms with van der Waals surface area (Å²) >= 11 is 2.79. The Balaban J connectivity index is 2.02. The summed E-state index contributed by atoms with van der Waals surface area (Å²) < 4.78 is 0. The molecule has 1 amide bonds. The number of thioether (sulfide) groups is 2. The third kappa shape index (κ3) is 8.09. The molecule has 28 heavy (non-hydrogen) atoms. The van der Waals surface area contributed by atoms with Gasteiger partial charge in [0, 0.05) is 23.8 Å². The maximum absolute atomic E-state index is 12.6. The summed E-state index contributed by atoms with van der Waals surface area (Å²) in [4.78, 5) is 25.2. The molecule has 2 aromatic carbocycles. The van der Waals surface area contributed by atoms with Gasteiger partial charge < -0.3 is 10.4 Å². The first kappa shape index (κ1) is 22.5. The number of hydrogen-bond acceptors (Lipinski definition) is 5. The number of amides is 1. The van der Waals surface area contributed by atoms with E-state index >= 15 is 0 Å². The number of benzene rings is 2. The molecule has 0 aromatic heterocycles. The molecule has 150 valence electrons. The molecule has 0 heterocycles. The SMILES string of the molecule is CSC(CCCO)NC(=O)CC(Cc1ccccc1)SC(=O)c1ccccc1. The lowest BCUT2D eigenvalue weighted by atomic mass is 10.1. The second-order valence-corrected chi connectivity index (χ2v) is 8.76. The van der Waals surface area contributed by atoms with E-state index in [0.717, 1.165) is 12.0 Å². The molecule has 2 rings (SSSR count). The van der Waals surface area contributed by atoms with Crippen LogP contribution in [0.2, 0.25) is 0 Å². The smallest absolute Gasteiger partial charge is 0.222 e. The van der Waals surface area contributed by atoms with Crippen molar-refractivity contribution in [1.29, 1.82) is 0 Å². The summed E-state index contributed by atoms with van der Waals surface area (Å²) in [5, 5.41) is 11.8. The minimum atomic E-state index is -0.143. The Morgan fingerprint density at radius 1 is 1.04 bits per heavy atom. The lowest BCUT2D eigenvalue weighted by Gasteiger charge is -2.19. The van der Waals surface area contributed by atoms with Gasteiger partial charge in [-0.05, 0) is 31.1 Å². The van der Waals surface area contributed by atoms with E-state index in [0.29, 0.717) is 18.4 Å². The van der Waals surface area contributed by atoms with Crippen molar-refractivity contribution in [2.45, 2.75) is 36.3 Å². The maximum Gasteiger partial charge on any atom is 0.222 e. The van der Waals surface area contributed by atoms with Crippen LogP contribution in [0.1, 0.15) is 35.2 Å². The maximum atomic E-state index is 12.6. The quantitative estimate of drug-likeness (QED) is 0.538. The molecule has 0 aliphatic heterocycles. The molecule has 0 aliphatic rings. The minimum Gasteiger partial charge on any atom is -0.396 e. The summed E-state index contributed by atoms with van der Waals surface area (Å²) in [7, 11) is 0. The third-order valence-electron chi connectivity index (χ3n) is 4.23. The van der Waals surface area contributed by atoms with Crippen LogP contribution >= 0.6 is 23.5 Å². The van der Waals surface area contributed by atoms with E-state index in [1.54, 1.807) is 23.9 Å². The number of aliphatic hydroxyl groups is 1. The summed E-state index contributed by atoms with van der Waals surface area (Å²) in [5.74, 6) is -0.0633. The molecule has 0 saturated heterocycles. The van der Waals surface area contributed by atoms with Gasteiger partial charge in [-0.25, -0.2) is 0 Å². The van der Waals surface area contributed by atoms with Crippen LogP contribution in [-0.4, -0.2) is 39.6 Å². The van der Waals surface area contributed by atoms with Crippen molar-refractivity contribution in [3.63, 3.8) is 0 Å². The van der Waals surface area contributed by atoms with Crippen LogP contribution in [0.3, 0.4) is 0 Å². The Kier molecular flexibility index (Phi) is 10.2. The molecule has 2 N–H and O–H groups in total. The average molecular weight is 418 g/mol. The summed E-state index contributed by atoms with van der Waals surface area (Å²) in [6, 6.07) is 19.1. The molecule has 0 saturated carbocycles. The molecule has 4 nitrogen and oxygen atoms in total. The van der Waals surface area contributed by atoms with Gasteiger partial charge >= 0.3 is 0 Å². The molecule has 0 aliphatic carbocycles. The largest absolute Gasteiger partial charge is 0.396 e. The molecule has 2 aromatic rings. The number of rotatable bonds is 11. The van der Waals surface area contributed by atoms with E-state index in [-0.39, 0.29) is 34.7 Å². The lowest BCUT2D eigenvalue weighted by Crippen LogP contribution is -2.34. The first-order valence-electron chi connectivity index (χ1n) is 9.35. The Labute approximate surface area is 175 Å². The minimum absolute atomic E-state index is 0.0176. The first-order valence-corrected chi connectivity index (χ1v) is 11.5. The van der Waals surface area contributed by atoms with Crippen molar-refractivity contribution in [2.75, 3.05) is 12.9 Å². The van der Waals surface area contributed by atoms with Crippen LogP contribution in [0.5, 0.6) is 0 Å². The van der Waals surface area contributed by atoms with Gasteiger partial charge in [-0.15, -0.1) is 11.8 Å². The molecule has 6 heteroatoms. The fourth-order valence-electron chi connectivity index (χ4n) is 2.80. The van der Waals surface area contributed by atoms with Crippen LogP contribution in [0.25, 0.3) is 0 Å². The zero-order valence-electron chi connectivity index (χ0n) is 16.0. The highest BCUT2D eigenvalue weighted by molar-refractivity contribution is 8.14. The lowest BCUT2D eigenvalue weighted by molar-refractivity contribution is -0.121. The Morgan fingerprint density at radius 2 is 1.68 bits per heavy atom. The highest BCUT2D eigenvalue weighted by Gasteiger charge is 2.21. The number of hydrogen-bond donors (Lipinski definition) is 2. The van der Waals surface area contributed by atoms with Gasteiger partial charge in [0.2, 0.25) is 11.0 Å². The second-order valence-electron chi connectivity index (χ2n) is 6.44. The van der Waals surface area contributed by atoms with E-state index in [4.69, 9.17) is 5.11 Å². The fourth-order valence-corrected chi connectivity index (χ4v) is 4.53.